The minimum atomic E-state index is -4.01. The molecule has 1 atom stereocenters. The highest BCUT2D eigenvalue weighted by Gasteiger charge is 2.32. The maximum atomic E-state index is 13.7. The summed E-state index contributed by atoms with van der Waals surface area (Å²) >= 11 is 0. The van der Waals surface area contributed by atoms with E-state index in [2.05, 4.69) is 5.32 Å². The zero-order valence-corrected chi connectivity index (χ0v) is 24.4. The lowest BCUT2D eigenvalue weighted by atomic mass is 10.1. The number of carbonyl (C=O) groups excluding carboxylic acids is 2. The van der Waals surface area contributed by atoms with Gasteiger partial charge in [0.2, 0.25) is 21.8 Å². The normalized spacial score (nSPS) is 12.2. The van der Waals surface area contributed by atoms with Crippen LogP contribution in [-0.4, -0.2) is 62.8 Å². The molecule has 216 valence electrons. The molecule has 2 aromatic carbocycles. The van der Waals surface area contributed by atoms with Crippen LogP contribution in [0.3, 0.4) is 0 Å². The number of sulfonamides is 1. The minimum Gasteiger partial charge on any atom is -0.493 e. The number of nitrogens with one attached hydrogen (secondary N) is 1. The molecule has 2 amide bonds. The Kier molecular flexibility index (Phi) is 10.7. The third-order valence-electron chi connectivity index (χ3n) is 6.55. The van der Waals surface area contributed by atoms with Crippen LogP contribution in [0.5, 0.6) is 11.5 Å². The van der Waals surface area contributed by atoms with Crippen LogP contribution in [0, 0.1) is 0 Å². The molecule has 40 heavy (non-hydrogen) atoms. The van der Waals surface area contributed by atoms with Crippen molar-refractivity contribution in [1.82, 2.24) is 9.21 Å². The van der Waals surface area contributed by atoms with Crippen LogP contribution in [0.4, 0.5) is 5.69 Å². The summed E-state index contributed by atoms with van der Waals surface area (Å²) in [6, 6.07) is 14.6. The van der Waals surface area contributed by atoms with Crippen LogP contribution in [0.2, 0.25) is 0 Å². The average Bonchev–Trinajstić information content (AvgIpc) is 3.46. The summed E-state index contributed by atoms with van der Waals surface area (Å²) in [5, 5.41) is 2.62. The van der Waals surface area contributed by atoms with Crippen molar-refractivity contribution in [2.24, 2.45) is 0 Å². The van der Waals surface area contributed by atoms with Crippen LogP contribution in [0.15, 0.2) is 70.2 Å². The van der Waals surface area contributed by atoms with E-state index < -0.39 is 16.1 Å². The fourth-order valence-corrected chi connectivity index (χ4v) is 5.80. The highest BCUT2D eigenvalue weighted by Crippen LogP contribution is 2.28. The molecule has 10 nitrogen and oxygen atoms in total. The molecule has 0 radical (unpaired) electrons. The van der Waals surface area contributed by atoms with Gasteiger partial charge in [0, 0.05) is 25.2 Å². The Morgan fingerprint density at radius 3 is 2.30 bits per heavy atom. The van der Waals surface area contributed by atoms with Gasteiger partial charge in [-0.2, -0.15) is 4.31 Å². The maximum Gasteiger partial charge on any atom is 0.243 e. The van der Waals surface area contributed by atoms with Crippen molar-refractivity contribution in [3.05, 3.63) is 72.2 Å². The van der Waals surface area contributed by atoms with E-state index in [4.69, 9.17) is 13.9 Å². The first-order valence-electron chi connectivity index (χ1n) is 13.0. The molecule has 0 fully saturated rings. The Balaban J connectivity index is 1.84. The third-order valence-corrected chi connectivity index (χ3v) is 8.53. The predicted molar refractivity (Wildman–Crippen MR) is 152 cm³/mol. The fraction of sp³-hybridized carbons (Fsp3) is 0.379. The first kappa shape index (κ1) is 30.7. The smallest absolute Gasteiger partial charge is 0.243 e. The summed E-state index contributed by atoms with van der Waals surface area (Å²) in [4.78, 5) is 26.7. The van der Waals surface area contributed by atoms with E-state index in [9.17, 15) is 18.0 Å². The average molecular weight is 572 g/mol. The van der Waals surface area contributed by atoms with E-state index in [0.29, 0.717) is 42.3 Å². The lowest BCUT2D eigenvalue weighted by Gasteiger charge is -2.30. The monoisotopic (exact) mass is 571 g/mol. The Morgan fingerprint density at radius 2 is 1.73 bits per heavy atom. The predicted octanol–water partition coefficient (Wildman–Crippen LogP) is 4.32. The lowest BCUT2D eigenvalue weighted by molar-refractivity contribution is -0.132. The van der Waals surface area contributed by atoms with Crippen molar-refractivity contribution in [1.29, 1.82) is 0 Å². The summed E-state index contributed by atoms with van der Waals surface area (Å²) in [5.41, 5.74) is 1.41. The number of ether oxygens (including phenoxy) is 2. The molecule has 0 saturated heterocycles. The number of rotatable bonds is 14. The van der Waals surface area contributed by atoms with Gasteiger partial charge in [-0.25, -0.2) is 8.42 Å². The number of nitrogens with zero attached hydrogens (tertiary/aromatic N) is 2. The molecule has 1 heterocycles. The van der Waals surface area contributed by atoms with Crippen molar-refractivity contribution < 1.29 is 31.9 Å². The number of furan rings is 1. The largest absolute Gasteiger partial charge is 0.493 e. The maximum absolute atomic E-state index is 13.7. The summed E-state index contributed by atoms with van der Waals surface area (Å²) < 4.78 is 44.8. The molecule has 0 saturated carbocycles. The molecular weight excluding hydrogens is 534 g/mol. The van der Waals surface area contributed by atoms with Gasteiger partial charge in [-0.05, 0) is 73.9 Å². The van der Waals surface area contributed by atoms with Crippen LogP contribution < -0.4 is 14.8 Å². The molecule has 1 N–H and O–H groups in total. The van der Waals surface area contributed by atoms with Gasteiger partial charge in [-0.1, -0.05) is 13.0 Å². The van der Waals surface area contributed by atoms with Crippen molar-refractivity contribution in [2.75, 3.05) is 32.6 Å². The number of hydrogen-bond donors (Lipinski definition) is 1. The molecule has 0 aliphatic heterocycles. The topological polar surface area (TPSA) is 118 Å². The number of carbonyl (C=O) groups is 2. The molecule has 0 unspecified atom stereocenters. The Bertz CT molecular complexity index is 1370. The zero-order chi connectivity index (χ0) is 29.3. The van der Waals surface area contributed by atoms with E-state index in [0.717, 1.165) is 5.56 Å². The van der Waals surface area contributed by atoms with Gasteiger partial charge >= 0.3 is 0 Å². The standard InChI is InChI=1S/C29H37N3O7S/c1-6-21(2)32(40(35,36)26-12-10-24(11-13-26)30-22(3)33)20-29(34)31(19-25-8-7-17-39-25)16-15-23-9-14-27(37-4)28(18-23)38-5/h7-14,17-18,21H,6,15-16,19-20H2,1-5H3,(H,30,33)/t21-/m1/s1. The van der Waals surface area contributed by atoms with Crippen LogP contribution in [0.1, 0.15) is 38.5 Å². The van der Waals surface area contributed by atoms with E-state index in [1.54, 1.807) is 44.2 Å². The molecule has 3 rings (SSSR count). The van der Waals surface area contributed by atoms with Crippen molar-refractivity contribution in [3.63, 3.8) is 0 Å². The highest BCUT2D eigenvalue weighted by molar-refractivity contribution is 7.89. The highest BCUT2D eigenvalue weighted by atomic mass is 32.2. The Labute approximate surface area is 235 Å². The van der Waals surface area contributed by atoms with Crippen molar-refractivity contribution in [3.8, 4) is 11.5 Å². The van der Waals surface area contributed by atoms with E-state index >= 15 is 0 Å². The summed E-state index contributed by atoms with van der Waals surface area (Å²) in [5.74, 6) is 1.17. The van der Waals surface area contributed by atoms with Gasteiger partial charge in [-0.3, -0.25) is 9.59 Å². The molecular formula is C29H37N3O7S. The molecule has 0 aliphatic rings. The number of benzene rings is 2. The van der Waals surface area contributed by atoms with E-state index in [1.165, 1.54) is 41.8 Å². The van der Waals surface area contributed by atoms with Gasteiger partial charge in [0.05, 0.1) is 38.5 Å². The fourth-order valence-electron chi connectivity index (χ4n) is 4.15. The van der Waals surface area contributed by atoms with Crippen LogP contribution >= 0.6 is 0 Å². The van der Waals surface area contributed by atoms with Gasteiger partial charge < -0.3 is 24.1 Å². The Morgan fingerprint density at radius 1 is 1.02 bits per heavy atom. The van der Waals surface area contributed by atoms with Crippen molar-refractivity contribution >= 4 is 27.5 Å². The number of hydrogen-bond acceptors (Lipinski definition) is 7. The van der Waals surface area contributed by atoms with Crippen LogP contribution in [-0.2, 0) is 32.6 Å². The number of anilines is 1. The van der Waals surface area contributed by atoms with Gasteiger partial charge in [0.1, 0.15) is 5.76 Å². The Hall–Kier alpha value is -3.83. The SMILES string of the molecule is CC[C@@H](C)N(CC(=O)N(CCc1ccc(OC)c(OC)c1)Cc1ccco1)S(=O)(=O)c1ccc(NC(C)=O)cc1. The van der Waals surface area contributed by atoms with Crippen LogP contribution in [0.25, 0.3) is 0 Å². The van der Waals surface area contributed by atoms with E-state index in [1.807, 2.05) is 19.1 Å². The third kappa shape index (κ3) is 7.86. The second-order valence-corrected chi connectivity index (χ2v) is 11.2. The zero-order valence-electron chi connectivity index (χ0n) is 23.5. The molecule has 1 aromatic heterocycles. The quantitative estimate of drug-likeness (QED) is 0.306. The van der Waals surface area contributed by atoms with Gasteiger partial charge in [0.15, 0.2) is 11.5 Å². The van der Waals surface area contributed by atoms with Gasteiger partial charge in [0.25, 0.3) is 0 Å². The second kappa shape index (κ2) is 14.0. The van der Waals surface area contributed by atoms with Crippen molar-refractivity contribution in [2.45, 2.75) is 51.1 Å². The summed E-state index contributed by atoms with van der Waals surface area (Å²) in [6.45, 7) is 5.21. The summed E-state index contributed by atoms with van der Waals surface area (Å²) in [7, 11) is -0.886. The second-order valence-electron chi connectivity index (χ2n) is 9.35. The number of methoxy groups -OCH3 is 2. The molecule has 0 bridgehead atoms. The van der Waals surface area contributed by atoms with Gasteiger partial charge in [-0.15, -0.1) is 0 Å². The minimum absolute atomic E-state index is 0.0395. The lowest BCUT2D eigenvalue weighted by Crippen LogP contribution is -2.46. The molecule has 0 aliphatic carbocycles. The van der Waals surface area contributed by atoms with E-state index in [-0.39, 0.29) is 29.8 Å². The molecule has 11 heteroatoms. The summed E-state index contributed by atoms with van der Waals surface area (Å²) in [6.07, 6.45) is 2.56. The first-order valence-corrected chi connectivity index (χ1v) is 14.4. The molecule has 3 aromatic rings. The number of amides is 2. The molecule has 0 spiro atoms. The first-order chi connectivity index (χ1) is 19.1.